The zero-order chi connectivity index (χ0) is 34.1. The lowest BCUT2D eigenvalue weighted by atomic mass is 10.1. The minimum atomic E-state index is 0. The van der Waals surface area contributed by atoms with Gasteiger partial charge in [-0.1, -0.05) is 0 Å². The first-order valence-corrected chi connectivity index (χ1v) is 15.7. The van der Waals surface area contributed by atoms with Crippen LogP contribution in [-0.2, 0) is 0 Å². The van der Waals surface area contributed by atoms with Gasteiger partial charge in [-0.3, -0.25) is 23.4 Å². The number of nitrogens with one attached hydrogen (secondary N) is 1. The van der Waals surface area contributed by atoms with E-state index in [1.807, 2.05) is 48.7 Å². The number of phenolic OH excluding ortho intramolecular Hbond substituents is 3. The molecule has 0 radical (unpaired) electrons. The van der Waals surface area contributed by atoms with E-state index in [0.29, 0.717) is 63.8 Å². The maximum Gasteiger partial charge on any atom is 0.174 e. The Morgan fingerprint density at radius 3 is 1.33 bits per heavy atom. The van der Waals surface area contributed by atoms with Gasteiger partial charge in [0.05, 0.1) is 88.6 Å². The monoisotopic (exact) mass is 873 g/mol. The first-order chi connectivity index (χ1) is 21.4. The fourth-order valence-corrected chi connectivity index (χ4v) is 4.62. The number of quaternary nitrogens is 3. The average molecular weight is 877 g/mol. The van der Waals surface area contributed by atoms with Gasteiger partial charge >= 0.3 is 0 Å². The van der Waals surface area contributed by atoms with Crippen molar-refractivity contribution in [1.82, 2.24) is 18.8 Å². The van der Waals surface area contributed by atoms with Crippen molar-refractivity contribution in [1.29, 1.82) is 0 Å². The Balaban J connectivity index is 0.00000768. The molecule has 49 heavy (non-hydrogen) atoms. The molecule has 0 fully saturated rings. The van der Waals surface area contributed by atoms with E-state index in [2.05, 4.69) is 83.3 Å². The van der Waals surface area contributed by atoms with Gasteiger partial charge in [-0.2, -0.15) is 0 Å². The summed E-state index contributed by atoms with van der Waals surface area (Å²) in [6.07, 6.45) is 5.40. The van der Waals surface area contributed by atoms with E-state index in [9.17, 15) is 15.3 Å². The summed E-state index contributed by atoms with van der Waals surface area (Å²) in [6, 6.07) is 17.2. The van der Waals surface area contributed by atoms with Gasteiger partial charge in [0.15, 0.2) is 19.3 Å². The molecule has 0 aliphatic rings. The van der Waals surface area contributed by atoms with Gasteiger partial charge in [-0.15, -0.1) is 50.9 Å². The SMILES string of the molecule is Br.Br.Br.C[N+](C)(C)c1ccc(C=NCCNCC[N+](=Cc2ccc([N+](C)(C)C)cc2O)CCN=Cc2ccc([N+](C)(C)C)cc2O)c(O)c1. The lowest BCUT2D eigenvalue weighted by Crippen LogP contribution is -2.34. The van der Waals surface area contributed by atoms with Crippen LogP contribution in [0.25, 0.3) is 0 Å². The molecule has 0 aromatic heterocycles. The highest BCUT2D eigenvalue weighted by molar-refractivity contribution is 8.93. The second kappa shape index (κ2) is 20.3. The fraction of sp³-hybridized carbons (Fsp3) is 0.417. The van der Waals surface area contributed by atoms with Crippen molar-refractivity contribution in [2.75, 3.05) is 103 Å². The zero-order valence-electron chi connectivity index (χ0n) is 30.4. The third-order valence-electron chi connectivity index (χ3n) is 7.66. The van der Waals surface area contributed by atoms with Crippen molar-refractivity contribution in [3.63, 3.8) is 0 Å². The summed E-state index contributed by atoms with van der Waals surface area (Å²) < 4.78 is 4.00. The third kappa shape index (κ3) is 15.0. The quantitative estimate of drug-likeness (QED) is 0.0714. The number of aromatic hydroxyl groups is 3. The summed E-state index contributed by atoms with van der Waals surface area (Å²) in [5.74, 6) is 0.676. The molecule has 0 spiro atoms. The van der Waals surface area contributed by atoms with E-state index in [-0.39, 0.29) is 68.2 Å². The number of halogens is 3. The van der Waals surface area contributed by atoms with Gasteiger partial charge in [-0.05, 0) is 18.2 Å². The van der Waals surface area contributed by atoms with E-state index in [4.69, 9.17) is 0 Å². The first kappa shape index (κ1) is 46.4. The molecule has 3 aromatic carbocycles. The van der Waals surface area contributed by atoms with Crippen molar-refractivity contribution >= 4 is 86.7 Å². The summed E-state index contributed by atoms with van der Waals surface area (Å²) in [5.41, 5.74) is 5.18. The molecule has 3 rings (SSSR count). The van der Waals surface area contributed by atoms with Gasteiger partial charge in [0, 0.05) is 66.5 Å². The molecule has 0 aliphatic heterocycles. The molecule has 0 amide bonds. The molecule has 0 bridgehead atoms. The Kier molecular flexibility index (Phi) is 19.2. The van der Waals surface area contributed by atoms with Crippen LogP contribution in [0.15, 0.2) is 64.6 Å². The van der Waals surface area contributed by atoms with Crippen LogP contribution in [0.1, 0.15) is 16.7 Å². The summed E-state index contributed by atoms with van der Waals surface area (Å²) >= 11 is 0. The molecule has 0 heterocycles. The standard InChI is InChI=1S/C36H52N7O3.3BrH/c1-41(2,3)31-13-10-28(34(44)22-31)25-38-17-16-37-18-20-40(27-30-12-15-33(24-36(30)46)43(7,8)9)21-19-39-26-29-11-14-32(23-35(29)45)42(4,5)6;;;/h10-15,22-27,37H,16-21H2,1-9H3;3*1H/q+1;;;/p+3. The highest BCUT2D eigenvalue weighted by atomic mass is 79.9. The Bertz CT molecular complexity index is 1580. The molecule has 3 aromatic rings. The normalized spacial score (nSPS) is 12.5. The second-order valence-electron chi connectivity index (χ2n) is 14.3. The van der Waals surface area contributed by atoms with Crippen molar-refractivity contribution in [2.24, 2.45) is 9.98 Å². The Labute approximate surface area is 324 Å². The van der Waals surface area contributed by atoms with Gasteiger partial charge in [0.25, 0.3) is 0 Å². The number of rotatable bonds is 15. The average Bonchev–Trinajstić information content (AvgIpc) is 2.95. The topological polar surface area (TPSA) is 100 Å². The fourth-order valence-electron chi connectivity index (χ4n) is 4.62. The van der Waals surface area contributed by atoms with Crippen LogP contribution in [-0.4, -0.2) is 141 Å². The van der Waals surface area contributed by atoms with Crippen LogP contribution in [0.2, 0.25) is 0 Å². The van der Waals surface area contributed by atoms with Crippen LogP contribution in [0.4, 0.5) is 17.1 Å². The van der Waals surface area contributed by atoms with Gasteiger partial charge < -0.3 is 20.6 Å². The maximum atomic E-state index is 10.8. The molecule has 4 N–H and O–H groups in total. The summed E-state index contributed by atoms with van der Waals surface area (Å²) in [4.78, 5) is 9.07. The maximum absolute atomic E-state index is 10.8. The minimum Gasteiger partial charge on any atom is -0.507 e. The molecular weight excluding hydrogens is 818 g/mol. The number of nitrogens with zero attached hydrogens (tertiary/aromatic N) is 6. The number of phenols is 3. The summed E-state index contributed by atoms with van der Waals surface area (Å²) in [5, 5.41) is 35.1. The predicted octanol–water partition coefficient (Wildman–Crippen LogP) is 5.39. The Morgan fingerprint density at radius 1 is 0.551 bits per heavy atom. The van der Waals surface area contributed by atoms with Crippen LogP contribution < -0.4 is 18.8 Å². The van der Waals surface area contributed by atoms with Crippen molar-refractivity contribution in [3.05, 3.63) is 71.3 Å². The van der Waals surface area contributed by atoms with Gasteiger partial charge in [0.2, 0.25) is 0 Å². The Hall–Kier alpha value is -2.65. The summed E-state index contributed by atoms with van der Waals surface area (Å²) in [6.45, 7) is 3.83. The zero-order valence-corrected chi connectivity index (χ0v) is 35.6. The van der Waals surface area contributed by atoms with E-state index in [1.54, 1.807) is 24.6 Å². The molecule has 0 saturated heterocycles. The lowest BCUT2D eigenvalue weighted by Gasteiger charge is -2.23. The molecule has 0 atom stereocenters. The molecule has 13 heteroatoms. The predicted molar refractivity (Wildman–Crippen MR) is 227 cm³/mol. The largest absolute Gasteiger partial charge is 0.507 e. The minimum absolute atomic E-state index is 0. The van der Waals surface area contributed by atoms with Gasteiger partial charge in [0.1, 0.15) is 34.3 Å². The molecule has 0 aliphatic carbocycles. The Morgan fingerprint density at radius 2 is 0.939 bits per heavy atom. The number of hydrogen-bond acceptors (Lipinski definition) is 6. The third-order valence-corrected chi connectivity index (χ3v) is 7.66. The second-order valence-corrected chi connectivity index (χ2v) is 14.3. The van der Waals surface area contributed by atoms with Gasteiger partial charge in [-0.25, -0.2) is 4.58 Å². The molecule has 0 saturated carbocycles. The van der Waals surface area contributed by atoms with E-state index >= 15 is 0 Å². The summed E-state index contributed by atoms with van der Waals surface area (Å²) in [7, 11) is 18.5. The number of aliphatic imine (C=N–C) groups is 2. The number of benzene rings is 3. The lowest BCUT2D eigenvalue weighted by molar-refractivity contribution is -0.518. The van der Waals surface area contributed by atoms with Crippen LogP contribution in [0, 0.1) is 0 Å². The van der Waals surface area contributed by atoms with Crippen molar-refractivity contribution in [3.8, 4) is 17.2 Å². The first-order valence-electron chi connectivity index (χ1n) is 15.7. The smallest absolute Gasteiger partial charge is 0.174 e. The highest BCUT2D eigenvalue weighted by Gasteiger charge is 2.17. The highest BCUT2D eigenvalue weighted by Crippen LogP contribution is 2.27. The molecule has 272 valence electrons. The van der Waals surface area contributed by atoms with E-state index in [1.165, 1.54) is 0 Å². The van der Waals surface area contributed by atoms with Crippen LogP contribution in [0.3, 0.4) is 0 Å². The van der Waals surface area contributed by atoms with Crippen LogP contribution >= 0.6 is 50.9 Å². The number of hydrogen-bond donors (Lipinski definition) is 4. The van der Waals surface area contributed by atoms with E-state index < -0.39 is 0 Å². The van der Waals surface area contributed by atoms with Crippen molar-refractivity contribution < 1.29 is 19.9 Å². The molecular formula is C36H58Br3N7O3+4. The molecule has 10 nitrogen and oxygen atoms in total. The van der Waals surface area contributed by atoms with Crippen molar-refractivity contribution in [2.45, 2.75) is 0 Å². The van der Waals surface area contributed by atoms with Crippen LogP contribution in [0.5, 0.6) is 17.2 Å². The molecule has 0 unspecified atom stereocenters. The van der Waals surface area contributed by atoms with E-state index in [0.717, 1.165) is 22.6 Å².